The molecule has 0 unspecified atom stereocenters. The second-order valence-corrected chi connectivity index (χ2v) is 4.56. The molecule has 0 amide bonds. The normalized spacial score (nSPS) is 9.36. The van der Waals surface area contributed by atoms with Gasteiger partial charge in [0, 0.05) is 0 Å². The van der Waals surface area contributed by atoms with Gasteiger partial charge in [0.25, 0.3) is 0 Å². The van der Waals surface area contributed by atoms with E-state index in [9.17, 15) is 9.90 Å². The van der Waals surface area contributed by atoms with Gasteiger partial charge in [-0.25, -0.2) is 0 Å². The van der Waals surface area contributed by atoms with Crippen molar-refractivity contribution in [2.24, 2.45) is 0 Å². The Hall–Kier alpha value is -0.251. The predicted molar refractivity (Wildman–Crippen MR) is 46.4 cm³/mol. The fraction of sp³-hybridized carbons (Fsp3) is 0.375. The minimum absolute atomic E-state index is 0.230. The molecule has 0 aliphatic rings. The van der Waals surface area contributed by atoms with Gasteiger partial charge in [-0.15, -0.1) is 0 Å². The zero-order valence-corrected chi connectivity index (χ0v) is 9.98. The van der Waals surface area contributed by atoms with Crippen LogP contribution in [0.2, 0.25) is 9.88 Å². The topological polar surface area (TPSA) is 40.1 Å². The van der Waals surface area contributed by atoms with Crippen LogP contribution in [-0.2, 0) is 4.79 Å². The number of carboxylic acids is 1. The van der Waals surface area contributed by atoms with E-state index in [0.29, 0.717) is 0 Å². The monoisotopic (exact) mass is 261 g/mol. The molecule has 0 aromatic rings. The number of hydrogen-bond donors (Lipinski definition) is 0. The van der Waals surface area contributed by atoms with Crippen LogP contribution in [0.1, 0.15) is 6.92 Å². The van der Waals surface area contributed by atoms with E-state index in [2.05, 4.69) is 9.88 Å². The second-order valence-electron chi connectivity index (χ2n) is 1.70. The van der Waals surface area contributed by atoms with Crippen LogP contribution < -0.4 is 5.11 Å². The molecule has 2 nitrogen and oxygen atoms in total. The van der Waals surface area contributed by atoms with E-state index in [-0.39, 0.29) is 21.1 Å². The summed E-state index contributed by atoms with van der Waals surface area (Å²) >= 11 is 0.230. The van der Waals surface area contributed by atoms with Gasteiger partial charge in [-0.2, -0.15) is 0 Å². The van der Waals surface area contributed by atoms with Crippen molar-refractivity contribution in [3.63, 3.8) is 0 Å². The third-order valence-electron chi connectivity index (χ3n) is 0.536. The van der Waals surface area contributed by atoms with Crippen molar-refractivity contribution in [3.05, 3.63) is 24.3 Å². The predicted octanol–water partition coefficient (Wildman–Crippen LogP) is 0.655. The van der Waals surface area contributed by atoms with E-state index in [4.69, 9.17) is 0 Å². The molecule has 0 aromatic heterocycles. The molecule has 0 aliphatic carbocycles. The molecule has 0 saturated heterocycles. The van der Waals surface area contributed by atoms with E-state index in [0.717, 1.165) is 6.08 Å². The summed E-state index contributed by atoms with van der Waals surface area (Å²) < 4.78 is 0. The van der Waals surface area contributed by atoms with Crippen molar-refractivity contribution in [2.45, 2.75) is 16.8 Å². The molecule has 0 N–H and O–H groups in total. The molecule has 1 radical (unpaired) electrons. The molecule has 0 aliphatic heterocycles. The van der Waals surface area contributed by atoms with Crippen LogP contribution in [0.15, 0.2) is 24.3 Å². The summed E-state index contributed by atoms with van der Waals surface area (Å²) in [5, 5.41) is 9.64. The van der Waals surface area contributed by atoms with Gasteiger partial charge < -0.3 is 9.90 Å². The fourth-order valence-corrected chi connectivity index (χ4v) is 0.245. The Labute approximate surface area is 78.2 Å². The molecule has 0 bridgehead atoms. The molecule has 0 fully saturated rings. The third kappa shape index (κ3) is 26.0. The Morgan fingerprint density at radius 2 is 1.82 bits per heavy atom. The molecule has 11 heavy (non-hydrogen) atoms. The van der Waals surface area contributed by atoms with Crippen LogP contribution in [0.5, 0.6) is 0 Å². The van der Waals surface area contributed by atoms with Gasteiger partial charge in [0.1, 0.15) is 0 Å². The Kier molecular flexibility index (Phi) is 15.1. The van der Waals surface area contributed by atoms with E-state index >= 15 is 0 Å². The van der Waals surface area contributed by atoms with E-state index < -0.39 is 5.97 Å². The third-order valence-corrected chi connectivity index (χ3v) is 0.536. The van der Waals surface area contributed by atoms with E-state index in [1.165, 1.54) is 6.08 Å². The standard InChI is InChI=1S/C6H8O2.2CH3.Sn/c1-2-3-4-5-6(7)8;;;/h2-5H,1H3,(H,7,8);2*1H3;/q;;;+1/p-1/b3-2+,5-4+;;;. The van der Waals surface area contributed by atoms with Crippen molar-refractivity contribution in [1.82, 2.24) is 0 Å². The zero-order valence-electron chi connectivity index (χ0n) is 7.13. The van der Waals surface area contributed by atoms with Crippen molar-refractivity contribution >= 4 is 27.1 Å². The molecule has 0 saturated carbocycles. The molecular formula is C8H13O2Sn. The second kappa shape index (κ2) is 12.4. The summed E-state index contributed by atoms with van der Waals surface area (Å²) in [6.45, 7) is 1.81. The van der Waals surface area contributed by atoms with Gasteiger partial charge >= 0.3 is 31.0 Å². The quantitative estimate of drug-likeness (QED) is 0.415. The number of carboxylic acid groups (broad SMARTS) is 1. The molecule has 0 rings (SSSR count). The van der Waals surface area contributed by atoms with Crippen LogP contribution in [0.25, 0.3) is 0 Å². The first-order valence-electron chi connectivity index (χ1n) is 3.27. The Bertz CT molecular complexity index is 139. The van der Waals surface area contributed by atoms with Crippen LogP contribution in [0.3, 0.4) is 0 Å². The van der Waals surface area contributed by atoms with Crippen molar-refractivity contribution < 1.29 is 9.90 Å². The summed E-state index contributed by atoms with van der Waals surface area (Å²) in [7, 11) is 0. The summed E-state index contributed by atoms with van der Waals surface area (Å²) in [5.41, 5.74) is 0. The first-order valence-corrected chi connectivity index (χ1v) is 8.98. The number of carbonyl (C=O) groups is 1. The van der Waals surface area contributed by atoms with Crippen LogP contribution >= 0.6 is 0 Å². The maximum absolute atomic E-state index is 9.64. The van der Waals surface area contributed by atoms with Gasteiger partial charge in [-0.1, -0.05) is 18.2 Å². The average Bonchev–Trinajstić information content (AvgIpc) is 1.89. The number of hydrogen-bond acceptors (Lipinski definition) is 2. The molecular weight excluding hydrogens is 247 g/mol. The Balaban J connectivity index is 0. The van der Waals surface area contributed by atoms with Gasteiger partial charge in [-0.3, -0.25) is 0 Å². The van der Waals surface area contributed by atoms with Gasteiger partial charge in [-0.05, 0) is 13.0 Å². The summed E-state index contributed by atoms with van der Waals surface area (Å²) in [5.74, 6) is -1.16. The van der Waals surface area contributed by atoms with Crippen LogP contribution in [0.4, 0.5) is 0 Å². The van der Waals surface area contributed by atoms with E-state index in [1.807, 2.05) is 0 Å². The first-order chi connectivity index (χ1) is 5.18. The van der Waals surface area contributed by atoms with Gasteiger partial charge in [0.05, 0.1) is 5.97 Å². The number of aliphatic carboxylic acids is 1. The van der Waals surface area contributed by atoms with Crippen molar-refractivity contribution in [2.75, 3.05) is 0 Å². The summed E-state index contributed by atoms with van der Waals surface area (Å²) in [6, 6.07) is 0. The van der Waals surface area contributed by atoms with E-state index in [1.54, 1.807) is 19.1 Å². The maximum atomic E-state index is 9.64. The zero-order chi connectivity index (χ0) is 9.11. The van der Waals surface area contributed by atoms with Crippen LogP contribution in [-0.4, -0.2) is 27.1 Å². The SMILES string of the molecule is C/C=C/C=C/C(=O)[O-].[CH3][Sn+][CH3]. The molecule has 0 spiro atoms. The Morgan fingerprint density at radius 3 is 2.09 bits per heavy atom. The minimum atomic E-state index is -1.16. The number of allylic oxidation sites excluding steroid dienone is 3. The summed E-state index contributed by atoms with van der Waals surface area (Å²) in [6.07, 6.45) is 5.74. The summed E-state index contributed by atoms with van der Waals surface area (Å²) in [4.78, 5) is 14.2. The fourth-order valence-electron chi connectivity index (χ4n) is 0.245. The van der Waals surface area contributed by atoms with Crippen LogP contribution in [0, 0.1) is 0 Å². The average molecular weight is 260 g/mol. The molecule has 61 valence electrons. The van der Waals surface area contributed by atoms with Gasteiger partial charge in [0.15, 0.2) is 0 Å². The number of carbonyl (C=O) groups excluding carboxylic acids is 1. The molecule has 0 atom stereocenters. The molecule has 0 aromatic carbocycles. The Morgan fingerprint density at radius 1 is 1.36 bits per heavy atom. The molecule has 0 heterocycles. The van der Waals surface area contributed by atoms with Crippen molar-refractivity contribution in [3.8, 4) is 0 Å². The van der Waals surface area contributed by atoms with Crippen molar-refractivity contribution in [1.29, 1.82) is 0 Å². The number of rotatable bonds is 2. The molecule has 3 heteroatoms. The first kappa shape index (κ1) is 13.3. The van der Waals surface area contributed by atoms with Gasteiger partial charge in [0.2, 0.25) is 0 Å².